The Morgan fingerprint density at radius 1 is 1.21 bits per heavy atom. The quantitative estimate of drug-likeness (QED) is 0.458. The summed E-state index contributed by atoms with van der Waals surface area (Å²) in [6.07, 6.45) is 6.15. The monoisotopic (exact) mass is 415 g/mol. The van der Waals surface area contributed by atoms with Gasteiger partial charge in [0.05, 0.1) is 19.3 Å². The minimum atomic E-state index is -0.386. The summed E-state index contributed by atoms with van der Waals surface area (Å²) in [5, 5.41) is 3.52. The van der Waals surface area contributed by atoms with Crippen molar-refractivity contribution in [2.24, 2.45) is 5.92 Å². The Kier molecular flexibility index (Phi) is 7.31. The minimum absolute atomic E-state index is 0.237. The van der Waals surface area contributed by atoms with E-state index < -0.39 is 0 Å². The lowest BCUT2D eigenvalue weighted by atomic mass is 9.88. The van der Waals surface area contributed by atoms with E-state index in [0.717, 1.165) is 49.8 Å². The Morgan fingerprint density at radius 2 is 1.97 bits per heavy atom. The van der Waals surface area contributed by atoms with E-state index in [1.165, 1.54) is 23.3 Å². The Balaban J connectivity index is 1.72. The molecule has 0 saturated carbocycles. The summed E-state index contributed by atoms with van der Waals surface area (Å²) < 4.78 is 10.7. The molecule has 1 unspecified atom stereocenters. The average Bonchev–Trinajstić information content (AvgIpc) is 3.07. The van der Waals surface area contributed by atoms with Crippen LogP contribution in [0.4, 0.5) is 5.00 Å². The standard InChI is InChI=1S/C23H29NO4S/c1-4-5-6-13-28-17-10-8-16(9-11-17)21(25)24-22-20(23(26)27-3)18-12-7-15(2)14-19(18)29-22/h8-11,15H,4-7,12-14H2,1-3H3,(H,24,25). The lowest BCUT2D eigenvalue weighted by Crippen LogP contribution is -2.16. The number of ether oxygens (including phenoxy) is 2. The second kappa shape index (κ2) is 9.92. The van der Waals surface area contributed by atoms with Gasteiger partial charge in [-0.3, -0.25) is 4.79 Å². The second-order valence-electron chi connectivity index (χ2n) is 7.58. The maximum Gasteiger partial charge on any atom is 0.341 e. The van der Waals surface area contributed by atoms with Gasteiger partial charge in [-0.25, -0.2) is 4.79 Å². The van der Waals surface area contributed by atoms with Crippen molar-refractivity contribution in [3.05, 3.63) is 45.8 Å². The summed E-state index contributed by atoms with van der Waals surface area (Å²) in [5.74, 6) is 0.719. The molecule has 156 valence electrons. The number of rotatable bonds is 8. The van der Waals surface area contributed by atoms with Crippen LogP contribution in [0.1, 0.15) is 70.7 Å². The van der Waals surface area contributed by atoms with Gasteiger partial charge in [-0.05, 0) is 61.4 Å². The van der Waals surface area contributed by atoms with Crippen molar-refractivity contribution in [1.82, 2.24) is 0 Å². The molecule has 5 nitrogen and oxygen atoms in total. The molecule has 1 heterocycles. The van der Waals surface area contributed by atoms with Gasteiger partial charge < -0.3 is 14.8 Å². The third kappa shape index (κ3) is 5.18. The van der Waals surface area contributed by atoms with Gasteiger partial charge in [0, 0.05) is 10.4 Å². The molecule has 1 aliphatic rings. The molecule has 0 fully saturated rings. The first kappa shape index (κ1) is 21.4. The highest BCUT2D eigenvalue weighted by atomic mass is 32.1. The first-order valence-corrected chi connectivity index (χ1v) is 11.1. The number of esters is 1. The van der Waals surface area contributed by atoms with Crippen LogP contribution in [0, 0.1) is 5.92 Å². The molecule has 0 radical (unpaired) electrons. The van der Waals surface area contributed by atoms with Crippen LogP contribution < -0.4 is 10.1 Å². The lowest BCUT2D eigenvalue weighted by molar-refractivity contribution is 0.0601. The molecule has 1 aromatic carbocycles. The van der Waals surface area contributed by atoms with E-state index in [9.17, 15) is 9.59 Å². The van der Waals surface area contributed by atoms with E-state index in [1.54, 1.807) is 12.1 Å². The fourth-order valence-electron chi connectivity index (χ4n) is 3.58. The van der Waals surface area contributed by atoms with Crippen molar-refractivity contribution in [3.8, 4) is 5.75 Å². The van der Waals surface area contributed by atoms with Crippen molar-refractivity contribution in [2.45, 2.75) is 52.4 Å². The molecule has 6 heteroatoms. The maximum atomic E-state index is 12.8. The topological polar surface area (TPSA) is 64.6 Å². The molecule has 1 atom stereocenters. The minimum Gasteiger partial charge on any atom is -0.494 e. The predicted molar refractivity (Wildman–Crippen MR) is 116 cm³/mol. The van der Waals surface area contributed by atoms with Gasteiger partial charge in [0.25, 0.3) is 5.91 Å². The second-order valence-corrected chi connectivity index (χ2v) is 8.69. The van der Waals surface area contributed by atoms with Crippen LogP contribution in [0.3, 0.4) is 0 Å². The van der Waals surface area contributed by atoms with E-state index in [2.05, 4.69) is 19.2 Å². The number of nitrogens with one attached hydrogen (secondary N) is 1. The molecule has 0 bridgehead atoms. The molecule has 1 N–H and O–H groups in total. The molecule has 1 aliphatic carbocycles. The number of carbonyl (C=O) groups is 2. The molecular weight excluding hydrogens is 386 g/mol. The zero-order valence-electron chi connectivity index (χ0n) is 17.4. The van der Waals surface area contributed by atoms with E-state index in [1.807, 2.05) is 12.1 Å². The summed E-state index contributed by atoms with van der Waals surface area (Å²) in [5.41, 5.74) is 2.08. The number of hydrogen-bond acceptors (Lipinski definition) is 5. The first-order chi connectivity index (χ1) is 14.0. The van der Waals surface area contributed by atoms with Crippen LogP contribution in [-0.2, 0) is 17.6 Å². The van der Waals surface area contributed by atoms with Crippen molar-refractivity contribution >= 4 is 28.2 Å². The highest BCUT2D eigenvalue weighted by molar-refractivity contribution is 7.17. The summed E-state index contributed by atoms with van der Waals surface area (Å²) in [6, 6.07) is 7.11. The van der Waals surface area contributed by atoms with Gasteiger partial charge >= 0.3 is 5.97 Å². The van der Waals surface area contributed by atoms with Crippen molar-refractivity contribution in [1.29, 1.82) is 0 Å². The fraction of sp³-hybridized carbons (Fsp3) is 0.478. The van der Waals surface area contributed by atoms with E-state index in [0.29, 0.717) is 28.7 Å². The van der Waals surface area contributed by atoms with Crippen LogP contribution in [-0.4, -0.2) is 25.6 Å². The molecule has 29 heavy (non-hydrogen) atoms. The summed E-state index contributed by atoms with van der Waals surface area (Å²) >= 11 is 1.49. The van der Waals surface area contributed by atoms with Gasteiger partial charge in [0.15, 0.2) is 0 Å². The van der Waals surface area contributed by atoms with Crippen molar-refractivity contribution in [2.75, 3.05) is 19.0 Å². The molecule has 0 saturated heterocycles. The molecule has 1 amide bonds. The molecule has 1 aromatic heterocycles. The number of amides is 1. The van der Waals surface area contributed by atoms with Gasteiger partial charge in [-0.1, -0.05) is 26.7 Å². The Morgan fingerprint density at radius 3 is 2.66 bits per heavy atom. The largest absolute Gasteiger partial charge is 0.494 e. The van der Waals surface area contributed by atoms with Crippen LogP contribution >= 0.6 is 11.3 Å². The van der Waals surface area contributed by atoms with Gasteiger partial charge in [-0.15, -0.1) is 11.3 Å². The van der Waals surface area contributed by atoms with Gasteiger partial charge in [0.1, 0.15) is 10.8 Å². The number of benzene rings is 1. The van der Waals surface area contributed by atoms with Crippen molar-refractivity contribution in [3.63, 3.8) is 0 Å². The Bertz CT molecular complexity index is 857. The fourth-order valence-corrected chi connectivity index (χ4v) is 4.97. The highest BCUT2D eigenvalue weighted by Gasteiger charge is 2.29. The number of unbranched alkanes of at least 4 members (excludes halogenated alkanes) is 2. The normalized spacial score (nSPS) is 15.5. The molecule has 3 rings (SSSR count). The number of fused-ring (bicyclic) bond motifs is 1. The van der Waals surface area contributed by atoms with E-state index in [-0.39, 0.29) is 11.9 Å². The SMILES string of the molecule is CCCCCOc1ccc(C(=O)Nc2sc3c(c2C(=O)OC)CCC(C)C3)cc1. The lowest BCUT2D eigenvalue weighted by Gasteiger charge is -2.18. The summed E-state index contributed by atoms with van der Waals surface area (Å²) in [4.78, 5) is 26.3. The van der Waals surface area contributed by atoms with Crippen LogP contribution in [0.25, 0.3) is 0 Å². The van der Waals surface area contributed by atoms with Gasteiger partial charge in [0.2, 0.25) is 0 Å². The number of anilines is 1. The van der Waals surface area contributed by atoms with Gasteiger partial charge in [-0.2, -0.15) is 0 Å². The molecule has 2 aromatic rings. The van der Waals surface area contributed by atoms with Crippen LogP contribution in [0.2, 0.25) is 0 Å². The Labute approximate surface area is 176 Å². The summed E-state index contributed by atoms with van der Waals surface area (Å²) in [6.45, 7) is 5.05. The number of carbonyl (C=O) groups excluding carboxylic acids is 2. The van der Waals surface area contributed by atoms with E-state index in [4.69, 9.17) is 9.47 Å². The molecule has 0 aliphatic heterocycles. The van der Waals surface area contributed by atoms with E-state index >= 15 is 0 Å². The maximum absolute atomic E-state index is 12.8. The number of hydrogen-bond donors (Lipinski definition) is 1. The summed E-state index contributed by atoms with van der Waals surface area (Å²) in [7, 11) is 1.38. The smallest absolute Gasteiger partial charge is 0.341 e. The first-order valence-electron chi connectivity index (χ1n) is 10.3. The van der Waals surface area contributed by atoms with Crippen LogP contribution in [0.15, 0.2) is 24.3 Å². The van der Waals surface area contributed by atoms with Crippen LogP contribution in [0.5, 0.6) is 5.75 Å². The predicted octanol–water partition coefficient (Wildman–Crippen LogP) is 5.48. The number of thiophene rings is 1. The zero-order valence-corrected chi connectivity index (χ0v) is 18.2. The molecule has 0 spiro atoms. The zero-order chi connectivity index (χ0) is 20.8. The Hall–Kier alpha value is -2.34. The highest BCUT2D eigenvalue weighted by Crippen LogP contribution is 2.40. The molecular formula is C23H29NO4S. The van der Waals surface area contributed by atoms with Crippen molar-refractivity contribution < 1.29 is 19.1 Å². The third-order valence-electron chi connectivity index (χ3n) is 5.26. The third-order valence-corrected chi connectivity index (χ3v) is 6.43. The number of methoxy groups -OCH3 is 1. The average molecular weight is 416 g/mol.